The third-order valence-corrected chi connectivity index (χ3v) is 6.00. The fourth-order valence-electron chi connectivity index (χ4n) is 4.27. The summed E-state index contributed by atoms with van der Waals surface area (Å²) in [5.74, 6) is 1.14. The second-order valence-corrected chi connectivity index (χ2v) is 8.78. The van der Waals surface area contributed by atoms with Gasteiger partial charge in [-0.05, 0) is 50.7 Å². The molecule has 162 valence electrons. The predicted molar refractivity (Wildman–Crippen MR) is 121 cm³/mol. The highest BCUT2D eigenvalue weighted by atomic mass is 16.4. The van der Waals surface area contributed by atoms with Crippen molar-refractivity contribution in [3.63, 3.8) is 0 Å². The molecule has 0 spiro atoms. The highest BCUT2D eigenvalue weighted by Gasteiger charge is 2.31. The van der Waals surface area contributed by atoms with Crippen LogP contribution < -0.4 is 15.2 Å². The Kier molecular flexibility index (Phi) is 7.01. The Morgan fingerprint density at radius 2 is 1.93 bits per heavy atom. The monoisotopic (exact) mass is 411 g/mol. The summed E-state index contributed by atoms with van der Waals surface area (Å²) in [6, 6.07) is 8.77. The molecule has 0 aromatic rings. The first kappa shape index (κ1) is 22.1. The highest BCUT2D eigenvalue weighted by molar-refractivity contribution is 5.67. The molecule has 0 amide bonds. The van der Waals surface area contributed by atoms with Gasteiger partial charge in [0.1, 0.15) is 24.6 Å². The number of nitrogens with one attached hydrogen (secondary N) is 1. The van der Waals surface area contributed by atoms with Crippen LogP contribution in [0.2, 0.25) is 0 Å². The summed E-state index contributed by atoms with van der Waals surface area (Å²) in [6.07, 6.45) is 5.97. The Bertz CT molecular complexity index is 963. The minimum atomic E-state index is -0.714. The maximum atomic E-state index is 10.6. The molecule has 3 aliphatic rings. The molecule has 0 radical (unpaired) electrons. The van der Waals surface area contributed by atoms with E-state index in [0.29, 0.717) is 0 Å². The molecule has 0 atom stereocenters. The summed E-state index contributed by atoms with van der Waals surface area (Å²) >= 11 is 0. The number of benzene rings is 1. The number of rotatable bonds is 9. The molecule has 1 heterocycles. The number of allylic oxidation sites excluding steroid dienone is 1. The van der Waals surface area contributed by atoms with Gasteiger partial charge in [0.15, 0.2) is 0 Å². The van der Waals surface area contributed by atoms with E-state index in [1.165, 1.54) is 16.6 Å². The molecular formula is C25H35N2O3+. The minimum Gasteiger partial charge on any atom is -0.481 e. The van der Waals surface area contributed by atoms with Crippen LogP contribution in [0, 0.1) is 0 Å². The van der Waals surface area contributed by atoms with Gasteiger partial charge in [0.05, 0.1) is 6.07 Å². The van der Waals surface area contributed by atoms with Crippen molar-refractivity contribution in [2.75, 3.05) is 19.6 Å². The van der Waals surface area contributed by atoms with Crippen molar-refractivity contribution < 1.29 is 14.3 Å². The summed E-state index contributed by atoms with van der Waals surface area (Å²) < 4.78 is 8.72. The normalized spacial score (nSPS) is 14.9. The third-order valence-electron chi connectivity index (χ3n) is 6.00. The second kappa shape index (κ2) is 9.50. The van der Waals surface area contributed by atoms with Crippen molar-refractivity contribution in [1.82, 2.24) is 9.89 Å². The van der Waals surface area contributed by atoms with Crippen molar-refractivity contribution in [2.45, 2.75) is 65.2 Å². The molecule has 0 aromatic heterocycles. The average Bonchev–Trinajstić information content (AvgIpc) is 2.69. The highest BCUT2D eigenvalue weighted by Crippen LogP contribution is 2.40. The van der Waals surface area contributed by atoms with E-state index in [1.54, 1.807) is 0 Å². The first-order valence-corrected chi connectivity index (χ1v) is 11.2. The van der Waals surface area contributed by atoms with Gasteiger partial charge >= 0.3 is 5.97 Å². The largest absolute Gasteiger partial charge is 0.481 e. The Morgan fingerprint density at radius 3 is 2.63 bits per heavy atom. The first-order chi connectivity index (χ1) is 14.3. The molecule has 0 unspecified atom stereocenters. The van der Waals surface area contributed by atoms with Gasteiger partial charge in [-0.2, -0.15) is 0 Å². The van der Waals surface area contributed by atoms with Crippen molar-refractivity contribution in [3.8, 4) is 11.3 Å². The third kappa shape index (κ3) is 5.13. The number of carboxylic acid groups (broad SMARTS) is 1. The molecule has 30 heavy (non-hydrogen) atoms. The summed E-state index contributed by atoms with van der Waals surface area (Å²) in [7, 11) is 0. The van der Waals surface area contributed by atoms with E-state index >= 15 is 0 Å². The van der Waals surface area contributed by atoms with Crippen LogP contribution in [0.25, 0.3) is 17.4 Å². The van der Waals surface area contributed by atoms with Crippen LogP contribution in [-0.4, -0.2) is 30.7 Å². The second-order valence-electron chi connectivity index (χ2n) is 8.78. The number of hydrogen-bond acceptors (Lipinski definition) is 3. The predicted octanol–water partition coefficient (Wildman–Crippen LogP) is 4.45. The number of carboxylic acids is 1. The maximum absolute atomic E-state index is 10.6. The Hall–Kier alpha value is -2.56. The standard InChI is InChI=1S/C25H34N2O3/c1-5-27(6-2)20-12-11-18-14-21-23(30-22(18)16-20)15-19(17-25(21,3)4)26-13-9-7-8-10-24(28)29/h11-12,14-16H,5-10,13,17H2,1-4H3,(H,28,29)/p+1. The zero-order valence-electron chi connectivity index (χ0n) is 18.8. The van der Waals surface area contributed by atoms with Crippen molar-refractivity contribution in [2.24, 2.45) is 0 Å². The number of unbranched alkanes of at least 4 members (excludes halogenated alkanes) is 2. The van der Waals surface area contributed by atoms with Gasteiger partial charge in [-0.1, -0.05) is 20.3 Å². The fraction of sp³-hybridized carbons (Fsp3) is 0.520. The molecule has 5 heteroatoms. The van der Waals surface area contributed by atoms with Gasteiger partial charge in [-0.15, -0.1) is 0 Å². The number of hydrogen-bond donors (Lipinski definition) is 2. The Labute approximate surface area is 179 Å². The van der Waals surface area contributed by atoms with E-state index in [0.717, 1.165) is 62.4 Å². The van der Waals surface area contributed by atoms with Crippen LogP contribution in [0.15, 0.2) is 34.4 Å². The lowest BCUT2D eigenvalue weighted by Gasteiger charge is -2.32. The van der Waals surface area contributed by atoms with Crippen LogP contribution in [0.5, 0.6) is 0 Å². The van der Waals surface area contributed by atoms with Crippen LogP contribution in [-0.2, 0) is 10.2 Å². The van der Waals surface area contributed by atoms with Gasteiger partial charge in [0.2, 0.25) is 5.36 Å². The molecule has 1 aliphatic heterocycles. The van der Waals surface area contributed by atoms with Crippen molar-refractivity contribution in [3.05, 3.63) is 46.6 Å². The van der Waals surface area contributed by atoms with E-state index in [4.69, 9.17) is 9.52 Å². The van der Waals surface area contributed by atoms with Crippen LogP contribution in [0.3, 0.4) is 0 Å². The summed E-state index contributed by atoms with van der Waals surface area (Å²) in [5, 5.41) is 13.5. The van der Waals surface area contributed by atoms with Crippen LogP contribution in [0.1, 0.15) is 71.1 Å². The lowest BCUT2D eigenvalue weighted by molar-refractivity contribution is -0.137. The van der Waals surface area contributed by atoms with Gasteiger partial charge in [0, 0.05) is 41.9 Å². The van der Waals surface area contributed by atoms with Crippen molar-refractivity contribution in [1.29, 1.82) is 0 Å². The molecule has 0 bridgehead atoms. The molecule has 0 aromatic carbocycles. The van der Waals surface area contributed by atoms with Gasteiger partial charge in [-0.25, -0.2) is 4.58 Å². The van der Waals surface area contributed by atoms with E-state index in [9.17, 15) is 4.79 Å². The number of carbonyl (C=O) groups is 1. The fourth-order valence-corrected chi connectivity index (χ4v) is 4.27. The number of fused-ring (bicyclic) bond motifs is 2. The van der Waals surface area contributed by atoms with Gasteiger partial charge in [-0.3, -0.25) is 4.79 Å². The SMILES string of the molecule is CC[N+](CC)=c1ccc2cc3c(oc-2c1)C=C(NCCCCCC(=O)O)CC3(C)C. The molecular weight excluding hydrogens is 376 g/mol. The molecule has 0 fully saturated rings. The first-order valence-electron chi connectivity index (χ1n) is 11.2. The molecule has 0 saturated heterocycles. The Balaban J connectivity index is 1.83. The van der Waals surface area contributed by atoms with Crippen LogP contribution in [0.4, 0.5) is 0 Å². The zero-order valence-corrected chi connectivity index (χ0v) is 18.8. The topological polar surface area (TPSA) is 65.5 Å². The van der Waals surface area contributed by atoms with Gasteiger partial charge in [0.25, 0.3) is 0 Å². The molecule has 0 saturated carbocycles. The smallest absolute Gasteiger partial charge is 0.303 e. The van der Waals surface area contributed by atoms with Crippen molar-refractivity contribution >= 4 is 12.0 Å². The Morgan fingerprint density at radius 1 is 1.17 bits per heavy atom. The number of nitrogens with zero attached hydrogens (tertiary/aromatic N) is 1. The number of aliphatic carboxylic acids is 1. The molecule has 3 rings (SSSR count). The van der Waals surface area contributed by atoms with E-state index < -0.39 is 5.97 Å². The molecule has 5 nitrogen and oxygen atoms in total. The lowest BCUT2D eigenvalue weighted by Crippen LogP contribution is -2.30. The molecule has 2 N–H and O–H groups in total. The summed E-state index contributed by atoms with van der Waals surface area (Å²) in [6.45, 7) is 11.7. The zero-order chi connectivity index (χ0) is 21.7. The lowest BCUT2D eigenvalue weighted by atomic mass is 9.76. The summed E-state index contributed by atoms with van der Waals surface area (Å²) in [4.78, 5) is 10.6. The van der Waals surface area contributed by atoms with E-state index in [-0.39, 0.29) is 11.8 Å². The van der Waals surface area contributed by atoms with E-state index in [1.807, 2.05) is 0 Å². The molecule has 2 aliphatic carbocycles. The van der Waals surface area contributed by atoms with Crippen LogP contribution >= 0.6 is 0 Å². The van der Waals surface area contributed by atoms with E-state index in [2.05, 4.69) is 67.9 Å². The average molecular weight is 412 g/mol. The minimum absolute atomic E-state index is 0.00897. The maximum Gasteiger partial charge on any atom is 0.303 e. The summed E-state index contributed by atoms with van der Waals surface area (Å²) in [5.41, 5.74) is 3.57. The van der Waals surface area contributed by atoms with Gasteiger partial charge < -0.3 is 14.8 Å². The quantitative estimate of drug-likeness (QED) is 0.472.